The normalized spacial score (nSPS) is 11.6. The number of aromatic nitrogens is 1. The maximum Gasteiger partial charge on any atom is 0.173 e. The van der Waals surface area contributed by atoms with Gasteiger partial charge in [-0.15, -0.1) is 11.8 Å². The van der Waals surface area contributed by atoms with Crippen LogP contribution >= 0.6 is 11.8 Å². The van der Waals surface area contributed by atoms with Gasteiger partial charge in [-0.05, 0) is 25.5 Å². The minimum absolute atomic E-state index is 0.102. The molecule has 0 spiro atoms. The summed E-state index contributed by atoms with van der Waals surface area (Å²) in [4.78, 5) is 5.35. The second-order valence-electron chi connectivity index (χ2n) is 4.48. The zero-order valence-corrected chi connectivity index (χ0v) is 12.3. The van der Waals surface area contributed by atoms with E-state index in [-0.39, 0.29) is 5.84 Å². The van der Waals surface area contributed by atoms with Crippen LogP contribution in [0.25, 0.3) is 0 Å². The molecule has 2 aromatic rings. The third-order valence-electron chi connectivity index (χ3n) is 2.89. The van der Waals surface area contributed by atoms with Crippen LogP contribution in [0.5, 0.6) is 0 Å². The van der Waals surface area contributed by atoms with Gasteiger partial charge in [-0.1, -0.05) is 35.5 Å². The molecule has 1 aromatic carbocycles. The molecule has 104 valence electrons. The highest BCUT2D eigenvalue weighted by molar-refractivity contribution is 7.98. The van der Waals surface area contributed by atoms with E-state index < -0.39 is 0 Å². The molecule has 0 amide bonds. The second kappa shape index (κ2) is 6.43. The lowest BCUT2D eigenvalue weighted by Crippen LogP contribution is -2.17. The number of nitrogens with two attached hydrogens (primary N) is 1. The number of rotatable bonds is 4. The van der Waals surface area contributed by atoms with Crippen LogP contribution in [0.3, 0.4) is 0 Å². The third-order valence-corrected chi connectivity index (χ3v) is 4.00. The molecular formula is C15H17N3OS. The molecule has 0 saturated heterocycles. The summed E-state index contributed by atoms with van der Waals surface area (Å²) in [5.74, 6) is 0.931. The van der Waals surface area contributed by atoms with Crippen molar-refractivity contribution in [3.8, 4) is 0 Å². The van der Waals surface area contributed by atoms with E-state index in [1.54, 1.807) is 11.8 Å². The Morgan fingerprint density at radius 1 is 1.30 bits per heavy atom. The summed E-state index contributed by atoms with van der Waals surface area (Å²) in [5, 5.41) is 12.0. The Morgan fingerprint density at radius 3 is 2.65 bits per heavy atom. The van der Waals surface area contributed by atoms with Gasteiger partial charge in [0.05, 0.1) is 5.56 Å². The van der Waals surface area contributed by atoms with Crippen LogP contribution in [0.1, 0.15) is 22.5 Å². The fourth-order valence-corrected chi connectivity index (χ4v) is 3.17. The Morgan fingerprint density at radius 2 is 2.00 bits per heavy atom. The molecule has 0 aliphatic rings. The van der Waals surface area contributed by atoms with Gasteiger partial charge in [-0.3, -0.25) is 4.98 Å². The lowest BCUT2D eigenvalue weighted by atomic mass is 10.1. The summed E-state index contributed by atoms with van der Waals surface area (Å²) in [6.07, 6.45) is 0. The minimum Gasteiger partial charge on any atom is -0.409 e. The largest absolute Gasteiger partial charge is 0.409 e. The van der Waals surface area contributed by atoms with Crippen LogP contribution in [0.2, 0.25) is 0 Å². The van der Waals surface area contributed by atoms with Crippen molar-refractivity contribution in [2.24, 2.45) is 10.9 Å². The molecule has 4 nitrogen and oxygen atoms in total. The molecule has 0 aliphatic carbocycles. The van der Waals surface area contributed by atoms with Crippen molar-refractivity contribution in [3.05, 3.63) is 58.9 Å². The van der Waals surface area contributed by atoms with E-state index in [0.717, 1.165) is 22.0 Å². The quantitative estimate of drug-likeness (QED) is 0.298. The lowest BCUT2D eigenvalue weighted by Gasteiger charge is -2.11. The van der Waals surface area contributed by atoms with Crippen molar-refractivity contribution >= 4 is 17.6 Å². The predicted octanol–water partition coefficient (Wildman–Crippen LogP) is 3.09. The number of benzene rings is 1. The number of oxime groups is 1. The molecule has 0 atom stereocenters. The standard InChI is InChI=1S/C15H17N3OS/c1-10-8-13(14(11(2)17-10)15(16)18-19)20-9-12-6-4-3-5-7-12/h3-8,19H,9H2,1-2H3,(H2,16,18). The molecule has 5 heteroatoms. The smallest absolute Gasteiger partial charge is 0.173 e. The second-order valence-corrected chi connectivity index (χ2v) is 5.50. The molecule has 2 rings (SSSR count). The average molecular weight is 287 g/mol. The highest BCUT2D eigenvalue weighted by Gasteiger charge is 2.13. The number of hydrogen-bond acceptors (Lipinski definition) is 4. The summed E-state index contributed by atoms with van der Waals surface area (Å²) in [6.45, 7) is 3.81. The molecule has 1 aromatic heterocycles. The molecule has 0 radical (unpaired) electrons. The molecule has 1 heterocycles. The summed E-state index contributed by atoms with van der Waals surface area (Å²) in [5.41, 5.74) is 9.40. The van der Waals surface area contributed by atoms with Crippen LogP contribution in [-0.4, -0.2) is 16.0 Å². The van der Waals surface area contributed by atoms with E-state index in [4.69, 9.17) is 10.9 Å². The number of pyridine rings is 1. The first-order chi connectivity index (χ1) is 9.61. The van der Waals surface area contributed by atoms with Gasteiger partial charge in [0, 0.05) is 22.0 Å². The number of amidine groups is 1. The number of aryl methyl sites for hydroxylation is 2. The molecule has 0 unspecified atom stereocenters. The predicted molar refractivity (Wildman–Crippen MR) is 82.2 cm³/mol. The fourth-order valence-electron chi connectivity index (χ4n) is 2.00. The summed E-state index contributed by atoms with van der Waals surface area (Å²) in [7, 11) is 0. The SMILES string of the molecule is Cc1cc(SCc2ccccc2)c(/C(N)=N/O)c(C)n1. The number of thioether (sulfide) groups is 1. The van der Waals surface area contributed by atoms with Crippen molar-refractivity contribution in [2.45, 2.75) is 24.5 Å². The molecule has 3 N–H and O–H groups in total. The third kappa shape index (κ3) is 3.30. The number of nitrogens with zero attached hydrogens (tertiary/aromatic N) is 2. The Labute approximate surface area is 122 Å². The molecule has 0 fully saturated rings. The van der Waals surface area contributed by atoms with E-state index in [0.29, 0.717) is 5.56 Å². The lowest BCUT2D eigenvalue weighted by molar-refractivity contribution is 0.318. The zero-order chi connectivity index (χ0) is 14.5. The fraction of sp³-hybridized carbons (Fsp3) is 0.200. The minimum atomic E-state index is 0.102. The van der Waals surface area contributed by atoms with E-state index in [1.807, 2.05) is 38.1 Å². The van der Waals surface area contributed by atoms with Crippen LogP contribution in [0.15, 0.2) is 46.4 Å². The monoisotopic (exact) mass is 287 g/mol. The van der Waals surface area contributed by atoms with Gasteiger partial charge in [0.25, 0.3) is 0 Å². The van der Waals surface area contributed by atoms with Crippen LogP contribution in [0, 0.1) is 13.8 Å². The van der Waals surface area contributed by atoms with Crippen molar-refractivity contribution in [1.29, 1.82) is 0 Å². The molecule has 0 bridgehead atoms. The molecular weight excluding hydrogens is 270 g/mol. The molecule has 20 heavy (non-hydrogen) atoms. The van der Waals surface area contributed by atoms with Crippen LogP contribution in [-0.2, 0) is 5.75 Å². The van der Waals surface area contributed by atoms with E-state index in [1.165, 1.54) is 5.56 Å². The Hall–Kier alpha value is -2.01. The summed E-state index contributed by atoms with van der Waals surface area (Å²) < 4.78 is 0. The summed E-state index contributed by atoms with van der Waals surface area (Å²) >= 11 is 1.66. The van der Waals surface area contributed by atoms with Crippen molar-refractivity contribution in [2.75, 3.05) is 0 Å². The maximum atomic E-state index is 8.92. The first-order valence-electron chi connectivity index (χ1n) is 6.24. The van der Waals surface area contributed by atoms with E-state index >= 15 is 0 Å². The topological polar surface area (TPSA) is 71.5 Å². The van der Waals surface area contributed by atoms with E-state index in [2.05, 4.69) is 22.3 Å². The van der Waals surface area contributed by atoms with E-state index in [9.17, 15) is 0 Å². The van der Waals surface area contributed by atoms with Crippen molar-refractivity contribution in [3.63, 3.8) is 0 Å². The van der Waals surface area contributed by atoms with Crippen LogP contribution in [0.4, 0.5) is 0 Å². The van der Waals surface area contributed by atoms with Gasteiger partial charge in [-0.25, -0.2) is 0 Å². The molecule has 0 saturated carbocycles. The highest BCUT2D eigenvalue weighted by Crippen LogP contribution is 2.28. The Balaban J connectivity index is 2.31. The van der Waals surface area contributed by atoms with Gasteiger partial charge < -0.3 is 10.9 Å². The molecule has 0 aliphatic heterocycles. The van der Waals surface area contributed by atoms with Crippen LogP contribution < -0.4 is 5.73 Å². The average Bonchev–Trinajstić information content (AvgIpc) is 2.45. The van der Waals surface area contributed by atoms with Crippen molar-refractivity contribution < 1.29 is 5.21 Å². The van der Waals surface area contributed by atoms with Gasteiger partial charge in [-0.2, -0.15) is 0 Å². The Bertz CT molecular complexity index is 627. The van der Waals surface area contributed by atoms with Gasteiger partial charge in [0.2, 0.25) is 0 Å². The summed E-state index contributed by atoms with van der Waals surface area (Å²) in [6, 6.07) is 12.2. The first-order valence-corrected chi connectivity index (χ1v) is 7.23. The van der Waals surface area contributed by atoms with Crippen molar-refractivity contribution in [1.82, 2.24) is 4.98 Å². The van der Waals surface area contributed by atoms with Gasteiger partial charge >= 0.3 is 0 Å². The maximum absolute atomic E-state index is 8.92. The van der Waals surface area contributed by atoms with Gasteiger partial charge in [0.1, 0.15) is 0 Å². The van der Waals surface area contributed by atoms with Gasteiger partial charge in [0.15, 0.2) is 5.84 Å². The number of hydrogen-bond donors (Lipinski definition) is 2. The highest BCUT2D eigenvalue weighted by atomic mass is 32.2. The zero-order valence-electron chi connectivity index (χ0n) is 11.5. The Kier molecular flexibility index (Phi) is 4.63. The first kappa shape index (κ1) is 14.4.